The molecule has 1 heterocycles. The molecular weight excluding hydrogens is 313 g/mol. The van der Waals surface area contributed by atoms with E-state index in [0.29, 0.717) is 22.9 Å². The molecule has 0 N–H and O–H groups in total. The molecule has 0 aliphatic carbocycles. The van der Waals surface area contributed by atoms with E-state index in [-0.39, 0.29) is 5.28 Å². The number of aromatic nitrogens is 2. The van der Waals surface area contributed by atoms with Crippen LogP contribution in [0.5, 0.6) is 0 Å². The lowest BCUT2D eigenvalue weighted by Gasteiger charge is -2.22. The summed E-state index contributed by atoms with van der Waals surface area (Å²) < 4.78 is 4.72. The first-order valence-electron chi connectivity index (χ1n) is 6.20. The van der Waals surface area contributed by atoms with Crippen molar-refractivity contribution in [3.63, 3.8) is 0 Å². The van der Waals surface area contributed by atoms with Gasteiger partial charge in [-0.25, -0.2) is 14.8 Å². The molecule has 1 aromatic carbocycles. The quantitative estimate of drug-likeness (QED) is 0.633. The molecule has 0 radical (unpaired) electrons. The van der Waals surface area contributed by atoms with Crippen molar-refractivity contribution in [1.82, 2.24) is 9.97 Å². The lowest BCUT2D eigenvalue weighted by atomic mass is 10.2. The smallest absolute Gasteiger partial charge is 0.339 e. The highest BCUT2D eigenvalue weighted by Gasteiger charge is 2.15. The maximum absolute atomic E-state index is 11.7. The molecule has 2 aromatic rings. The lowest BCUT2D eigenvalue weighted by molar-refractivity contribution is 0.0601. The molecule has 0 fully saturated rings. The van der Waals surface area contributed by atoms with Crippen molar-refractivity contribution in [3.05, 3.63) is 46.3 Å². The predicted octanol–water partition coefficient (Wildman–Crippen LogP) is 3.73. The van der Waals surface area contributed by atoms with Crippen molar-refractivity contribution < 1.29 is 9.53 Å². The van der Waals surface area contributed by atoms with E-state index in [2.05, 4.69) is 9.97 Å². The van der Waals surface area contributed by atoms with Gasteiger partial charge in [-0.15, -0.1) is 0 Å². The summed E-state index contributed by atoms with van der Waals surface area (Å²) in [6, 6.07) is 6.85. The number of halogens is 2. The first kappa shape index (κ1) is 15.5. The van der Waals surface area contributed by atoms with Crippen LogP contribution in [0.15, 0.2) is 30.5 Å². The maximum Gasteiger partial charge on any atom is 0.339 e. The van der Waals surface area contributed by atoms with Crippen LogP contribution in [0.2, 0.25) is 10.3 Å². The topological polar surface area (TPSA) is 55.3 Å². The molecule has 0 aliphatic rings. The summed E-state index contributed by atoms with van der Waals surface area (Å²) in [4.78, 5) is 21.6. The first-order chi connectivity index (χ1) is 10.1. The fourth-order valence-electron chi connectivity index (χ4n) is 1.90. The van der Waals surface area contributed by atoms with Gasteiger partial charge in [0, 0.05) is 18.4 Å². The van der Waals surface area contributed by atoms with Crippen LogP contribution in [0.25, 0.3) is 0 Å². The molecule has 5 nitrogen and oxygen atoms in total. The largest absolute Gasteiger partial charge is 0.465 e. The fraction of sp³-hybridized carbons (Fsp3) is 0.214. The van der Waals surface area contributed by atoms with Gasteiger partial charge < -0.3 is 9.64 Å². The average Bonchev–Trinajstić information content (AvgIpc) is 2.49. The van der Waals surface area contributed by atoms with Crippen LogP contribution in [0.1, 0.15) is 17.3 Å². The van der Waals surface area contributed by atoms with E-state index in [9.17, 15) is 4.79 Å². The third kappa shape index (κ3) is 3.43. The molecule has 7 heteroatoms. The van der Waals surface area contributed by atoms with Crippen LogP contribution in [0.3, 0.4) is 0 Å². The van der Waals surface area contributed by atoms with Gasteiger partial charge in [0.25, 0.3) is 0 Å². The molecule has 1 aromatic heterocycles. The van der Waals surface area contributed by atoms with Gasteiger partial charge in [0.15, 0.2) is 0 Å². The fourth-order valence-corrected chi connectivity index (χ4v) is 2.24. The SMILES string of the molecule is CCN(c1ccc(Cl)c(C(=O)OC)c1)c1ccnc(Cl)n1. The summed E-state index contributed by atoms with van der Waals surface area (Å²) in [6.45, 7) is 2.60. The zero-order valence-corrected chi connectivity index (χ0v) is 13.0. The molecule has 0 aliphatic heterocycles. The minimum Gasteiger partial charge on any atom is -0.465 e. The minimum atomic E-state index is -0.487. The van der Waals surface area contributed by atoms with Gasteiger partial charge in [-0.1, -0.05) is 11.6 Å². The number of nitrogens with zero attached hydrogens (tertiary/aromatic N) is 3. The highest BCUT2D eigenvalue weighted by molar-refractivity contribution is 6.33. The van der Waals surface area contributed by atoms with E-state index in [0.717, 1.165) is 5.69 Å². The predicted molar refractivity (Wildman–Crippen MR) is 82.5 cm³/mol. The van der Waals surface area contributed by atoms with Gasteiger partial charge in [-0.2, -0.15) is 0 Å². The average molecular weight is 326 g/mol. The Morgan fingerprint density at radius 1 is 1.33 bits per heavy atom. The molecule has 2 rings (SSSR count). The summed E-state index contributed by atoms with van der Waals surface area (Å²) in [5, 5.41) is 0.496. The van der Waals surface area contributed by atoms with Gasteiger partial charge >= 0.3 is 5.97 Å². The Kier molecular flexibility index (Phi) is 4.98. The minimum absolute atomic E-state index is 0.160. The van der Waals surface area contributed by atoms with Crippen LogP contribution in [-0.4, -0.2) is 29.6 Å². The molecular formula is C14H13Cl2N3O2. The second-order valence-electron chi connectivity index (χ2n) is 4.08. The summed E-state index contributed by atoms with van der Waals surface area (Å²) in [7, 11) is 1.31. The van der Waals surface area contributed by atoms with Gasteiger partial charge in [0.1, 0.15) is 5.82 Å². The van der Waals surface area contributed by atoms with E-state index in [1.54, 1.807) is 30.5 Å². The zero-order valence-electron chi connectivity index (χ0n) is 11.5. The molecule has 0 amide bonds. The Bertz CT molecular complexity index is 664. The van der Waals surface area contributed by atoms with Crippen molar-refractivity contribution in [2.75, 3.05) is 18.6 Å². The van der Waals surface area contributed by atoms with Crippen LogP contribution < -0.4 is 4.90 Å². The molecule has 0 saturated heterocycles. The Labute approximate surface area is 132 Å². The number of benzene rings is 1. The van der Waals surface area contributed by atoms with Crippen LogP contribution in [0.4, 0.5) is 11.5 Å². The Morgan fingerprint density at radius 3 is 2.71 bits per heavy atom. The second kappa shape index (κ2) is 6.74. The normalized spacial score (nSPS) is 10.3. The third-order valence-corrected chi connectivity index (χ3v) is 3.38. The van der Waals surface area contributed by atoms with Crippen molar-refractivity contribution >= 4 is 40.7 Å². The number of esters is 1. The first-order valence-corrected chi connectivity index (χ1v) is 6.96. The maximum atomic E-state index is 11.7. The number of methoxy groups -OCH3 is 1. The summed E-state index contributed by atoms with van der Waals surface area (Å²) >= 11 is 11.8. The monoisotopic (exact) mass is 325 g/mol. The highest BCUT2D eigenvalue weighted by atomic mass is 35.5. The molecule has 110 valence electrons. The van der Waals surface area contributed by atoms with E-state index in [1.807, 2.05) is 11.8 Å². The van der Waals surface area contributed by atoms with Crippen molar-refractivity contribution in [2.45, 2.75) is 6.92 Å². The van der Waals surface area contributed by atoms with E-state index < -0.39 is 5.97 Å². The van der Waals surface area contributed by atoms with Gasteiger partial charge in [0.05, 0.1) is 17.7 Å². The number of hydrogen-bond acceptors (Lipinski definition) is 5. The third-order valence-electron chi connectivity index (χ3n) is 2.87. The van der Waals surface area contributed by atoms with Crippen molar-refractivity contribution in [3.8, 4) is 0 Å². The van der Waals surface area contributed by atoms with Gasteiger partial charge in [-0.3, -0.25) is 0 Å². The van der Waals surface area contributed by atoms with E-state index >= 15 is 0 Å². The summed E-state index contributed by atoms with van der Waals surface area (Å²) in [6.07, 6.45) is 1.57. The number of rotatable bonds is 4. The number of carbonyl (C=O) groups excluding carboxylic acids is 1. The highest BCUT2D eigenvalue weighted by Crippen LogP contribution is 2.28. The van der Waals surface area contributed by atoms with E-state index in [4.69, 9.17) is 27.9 Å². The number of carbonyl (C=O) groups is 1. The van der Waals surface area contributed by atoms with E-state index in [1.165, 1.54) is 7.11 Å². The van der Waals surface area contributed by atoms with Gasteiger partial charge in [0.2, 0.25) is 5.28 Å². The molecule has 0 saturated carbocycles. The van der Waals surface area contributed by atoms with Crippen LogP contribution >= 0.6 is 23.2 Å². The van der Waals surface area contributed by atoms with Gasteiger partial charge in [-0.05, 0) is 42.8 Å². The Hall–Kier alpha value is -1.85. The number of hydrogen-bond donors (Lipinski definition) is 0. The molecule has 21 heavy (non-hydrogen) atoms. The number of anilines is 2. The zero-order chi connectivity index (χ0) is 15.4. The standard InChI is InChI=1S/C14H13Cl2N3O2/c1-3-19(12-6-7-17-14(16)18-12)9-4-5-11(15)10(8-9)13(20)21-2/h4-8H,3H2,1-2H3. The Morgan fingerprint density at radius 2 is 2.10 bits per heavy atom. The molecule has 0 atom stereocenters. The molecule has 0 spiro atoms. The van der Waals surface area contributed by atoms with Crippen LogP contribution in [0, 0.1) is 0 Å². The second-order valence-corrected chi connectivity index (χ2v) is 4.83. The number of ether oxygens (including phenoxy) is 1. The summed E-state index contributed by atoms with van der Waals surface area (Å²) in [5.74, 6) is 0.147. The summed E-state index contributed by atoms with van der Waals surface area (Å²) in [5.41, 5.74) is 1.06. The van der Waals surface area contributed by atoms with Crippen molar-refractivity contribution in [2.24, 2.45) is 0 Å². The van der Waals surface area contributed by atoms with Crippen LogP contribution in [-0.2, 0) is 4.74 Å². The van der Waals surface area contributed by atoms with Crippen molar-refractivity contribution in [1.29, 1.82) is 0 Å². The lowest BCUT2D eigenvalue weighted by Crippen LogP contribution is -2.18. The molecule has 0 unspecified atom stereocenters. The Balaban J connectivity index is 2.46. The molecule has 0 bridgehead atoms.